The van der Waals surface area contributed by atoms with Crippen LogP contribution in [0.1, 0.15) is 32.1 Å². The molecule has 1 rings (SSSR count). The molecule has 1 fully saturated rings. The average Bonchev–Trinajstić information content (AvgIpc) is 2.02. The van der Waals surface area contributed by atoms with Crippen LogP contribution < -0.4 is 5.73 Å². The molecule has 0 radical (unpaired) electrons. The van der Waals surface area contributed by atoms with Gasteiger partial charge >= 0.3 is 0 Å². The Morgan fingerprint density at radius 2 is 1.79 bits per heavy atom. The van der Waals surface area contributed by atoms with E-state index in [0.29, 0.717) is 0 Å². The Labute approximate surface area is 95.5 Å². The summed E-state index contributed by atoms with van der Waals surface area (Å²) >= 11 is 7.96. The quantitative estimate of drug-likeness (QED) is 0.355. The molecule has 0 spiro atoms. The van der Waals surface area contributed by atoms with E-state index in [1.165, 1.54) is 6.42 Å². The smallest absolute Gasteiger partial charge is 0.192 e. The minimum Gasteiger partial charge on any atom is -0.378 e. The third-order valence-corrected chi connectivity index (χ3v) is 5.97. The van der Waals surface area contributed by atoms with Crippen LogP contribution in [0.2, 0.25) is 0 Å². The first kappa shape index (κ1) is 12.9. The van der Waals surface area contributed by atoms with Crippen molar-refractivity contribution in [3.63, 3.8) is 0 Å². The molecule has 0 saturated heterocycles. The molecule has 0 aromatic heterocycles. The zero-order valence-corrected chi connectivity index (χ0v) is 10.7. The van der Waals surface area contributed by atoms with Crippen LogP contribution >= 0.6 is 30.0 Å². The molecular weight excluding hydrogens is 237 g/mol. The van der Waals surface area contributed by atoms with Gasteiger partial charge in [-0.2, -0.15) is 0 Å². The number of thiol groups is 2. The second-order valence-corrected chi connectivity index (χ2v) is 10.3. The summed E-state index contributed by atoms with van der Waals surface area (Å²) in [6.45, 7) is 0. The van der Waals surface area contributed by atoms with E-state index in [0.717, 1.165) is 25.7 Å². The van der Waals surface area contributed by atoms with Crippen LogP contribution in [0.5, 0.6) is 0 Å². The standard InChI is InChI=1S/C8H18NO2PS2/c9-8(10)7(12(11,13)14)6-4-2-1-3-5-6/h6-8,10H,1-5,9H2,(H2,11,13,14). The maximum atomic E-state index is 11.7. The van der Waals surface area contributed by atoms with Crippen molar-refractivity contribution >= 4 is 30.0 Å². The van der Waals surface area contributed by atoms with Gasteiger partial charge in [-0.25, -0.2) is 0 Å². The van der Waals surface area contributed by atoms with Crippen LogP contribution in [0, 0.1) is 5.92 Å². The molecule has 1 aliphatic rings. The SMILES string of the molecule is NC(O)C(C1CCCCC1)P(=O)(S)S. The summed E-state index contributed by atoms with van der Waals surface area (Å²) < 4.78 is 11.7. The van der Waals surface area contributed by atoms with E-state index in [2.05, 4.69) is 24.5 Å². The molecular formula is C8H18NO2PS2. The monoisotopic (exact) mass is 255 g/mol. The number of aliphatic hydroxyl groups excluding tert-OH is 1. The van der Waals surface area contributed by atoms with Crippen molar-refractivity contribution in [1.82, 2.24) is 0 Å². The Balaban J connectivity index is 2.71. The number of nitrogens with two attached hydrogens (primary N) is 1. The van der Waals surface area contributed by atoms with Crippen LogP contribution in [-0.2, 0) is 4.57 Å². The molecule has 3 nitrogen and oxygen atoms in total. The maximum Gasteiger partial charge on any atom is 0.192 e. The van der Waals surface area contributed by atoms with E-state index >= 15 is 0 Å². The van der Waals surface area contributed by atoms with Crippen LogP contribution in [0.25, 0.3) is 0 Å². The highest BCUT2D eigenvalue weighted by atomic mass is 33.1. The van der Waals surface area contributed by atoms with Crippen molar-refractivity contribution in [3.8, 4) is 0 Å². The highest BCUT2D eigenvalue weighted by molar-refractivity contribution is 8.81. The summed E-state index contributed by atoms with van der Waals surface area (Å²) in [4.78, 5) is 0. The lowest BCUT2D eigenvalue weighted by Gasteiger charge is -2.33. The van der Waals surface area contributed by atoms with Crippen molar-refractivity contribution < 1.29 is 9.67 Å². The van der Waals surface area contributed by atoms with E-state index in [-0.39, 0.29) is 5.92 Å². The minimum atomic E-state index is -2.89. The van der Waals surface area contributed by atoms with Gasteiger partial charge in [0.15, 0.2) is 5.55 Å². The molecule has 0 bridgehead atoms. The Morgan fingerprint density at radius 3 is 2.14 bits per heavy atom. The lowest BCUT2D eigenvalue weighted by Crippen LogP contribution is -2.39. The Bertz CT molecular complexity index is 225. The molecule has 0 aliphatic heterocycles. The summed E-state index contributed by atoms with van der Waals surface area (Å²) in [5.74, 6) is 0.213. The molecule has 1 aliphatic carbocycles. The summed E-state index contributed by atoms with van der Waals surface area (Å²) in [5.41, 5.74) is 2.09. The molecule has 6 heteroatoms. The fraction of sp³-hybridized carbons (Fsp3) is 1.00. The van der Waals surface area contributed by atoms with E-state index in [4.69, 9.17) is 5.73 Å². The van der Waals surface area contributed by atoms with E-state index in [1.54, 1.807) is 0 Å². The molecule has 3 N–H and O–H groups in total. The Morgan fingerprint density at radius 1 is 1.29 bits per heavy atom. The molecule has 0 aromatic carbocycles. The lowest BCUT2D eigenvalue weighted by molar-refractivity contribution is 0.141. The summed E-state index contributed by atoms with van der Waals surface area (Å²) in [7, 11) is 0. The van der Waals surface area contributed by atoms with Gasteiger partial charge in [0, 0.05) is 0 Å². The number of hydrogen-bond acceptors (Lipinski definition) is 3. The molecule has 0 heterocycles. The minimum absolute atomic E-state index is 0.213. The van der Waals surface area contributed by atoms with Crippen molar-refractivity contribution in [2.75, 3.05) is 0 Å². The van der Waals surface area contributed by atoms with Gasteiger partial charge in [-0.1, -0.05) is 19.3 Å². The van der Waals surface area contributed by atoms with Gasteiger partial charge in [0.05, 0.1) is 5.66 Å². The first-order valence-electron chi connectivity index (χ1n) is 4.92. The van der Waals surface area contributed by atoms with Gasteiger partial charge < -0.3 is 15.4 Å². The fourth-order valence-corrected chi connectivity index (χ4v) is 5.42. The third kappa shape index (κ3) is 3.46. The zero-order chi connectivity index (χ0) is 10.8. The predicted molar refractivity (Wildman–Crippen MR) is 66.1 cm³/mol. The second-order valence-electron chi connectivity index (χ2n) is 3.97. The first-order valence-corrected chi connectivity index (χ1v) is 9.00. The molecule has 1 saturated carbocycles. The van der Waals surface area contributed by atoms with Crippen LogP contribution in [0.3, 0.4) is 0 Å². The normalized spacial score (nSPS) is 24.6. The molecule has 2 unspecified atom stereocenters. The van der Waals surface area contributed by atoms with Gasteiger partial charge in [-0.15, -0.1) is 24.5 Å². The molecule has 0 amide bonds. The maximum absolute atomic E-state index is 11.7. The Kier molecular flexibility index (Phi) is 4.85. The highest BCUT2D eigenvalue weighted by Crippen LogP contribution is 2.63. The van der Waals surface area contributed by atoms with E-state index in [9.17, 15) is 9.67 Å². The van der Waals surface area contributed by atoms with Crippen molar-refractivity contribution in [2.45, 2.75) is 44.0 Å². The summed E-state index contributed by atoms with van der Waals surface area (Å²) in [6, 6.07) is 0. The topological polar surface area (TPSA) is 63.3 Å². The molecule has 84 valence electrons. The largest absolute Gasteiger partial charge is 0.378 e. The number of rotatable bonds is 3. The van der Waals surface area contributed by atoms with Crippen LogP contribution in [0.4, 0.5) is 0 Å². The van der Waals surface area contributed by atoms with E-state index < -0.39 is 17.4 Å². The van der Waals surface area contributed by atoms with Gasteiger partial charge in [-0.05, 0) is 18.8 Å². The van der Waals surface area contributed by atoms with Gasteiger partial charge in [-0.3, -0.25) is 0 Å². The van der Waals surface area contributed by atoms with Gasteiger partial charge in [0.25, 0.3) is 0 Å². The predicted octanol–water partition coefficient (Wildman–Crippen LogP) is 2.27. The first-order chi connectivity index (χ1) is 6.43. The van der Waals surface area contributed by atoms with E-state index in [1.807, 2.05) is 0 Å². The molecule has 14 heavy (non-hydrogen) atoms. The molecule has 0 aromatic rings. The fourth-order valence-electron chi connectivity index (χ4n) is 2.23. The summed E-state index contributed by atoms with van der Waals surface area (Å²) in [6.07, 6.45) is 4.34. The number of aliphatic hydroxyl groups is 1. The van der Waals surface area contributed by atoms with Crippen LogP contribution in [-0.4, -0.2) is 17.0 Å². The third-order valence-electron chi connectivity index (χ3n) is 2.87. The Hall–Kier alpha value is 0.850. The zero-order valence-electron chi connectivity index (χ0n) is 8.04. The number of hydrogen-bond donors (Lipinski definition) is 4. The van der Waals surface area contributed by atoms with Crippen molar-refractivity contribution in [1.29, 1.82) is 0 Å². The van der Waals surface area contributed by atoms with Gasteiger partial charge in [0.2, 0.25) is 0 Å². The van der Waals surface area contributed by atoms with Crippen molar-refractivity contribution in [3.05, 3.63) is 0 Å². The molecule has 2 atom stereocenters. The van der Waals surface area contributed by atoms with Crippen molar-refractivity contribution in [2.24, 2.45) is 11.7 Å². The average molecular weight is 255 g/mol. The van der Waals surface area contributed by atoms with Crippen LogP contribution in [0.15, 0.2) is 0 Å². The highest BCUT2D eigenvalue weighted by Gasteiger charge is 2.37. The lowest BCUT2D eigenvalue weighted by atomic mass is 9.86. The summed E-state index contributed by atoms with van der Waals surface area (Å²) in [5, 5.41) is 9.41. The second kappa shape index (κ2) is 5.26. The van der Waals surface area contributed by atoms with Gasteiger partial charge in [0.1, 0.15) is 6.23 Å².